The Labute approximate surface area is 100 Å². The maximum absolute atomic E-state index is 3.91. The third-order valence-corrected chi connectivity index (χ3v) is 1.65. The van der Waals surface area contributed by atoms with Gasteiger partial charge in [0.05, 0.1) is 0 Å². The minimum absolute atomic E-state index is 0.920. The molecule has 0 heterocycles. The van der Waals surface area contributed by atoms with Crippen LogP contribution in [0, 0.1) is 0 Å². The van der Waals surface area contributed by atoms with E-state index in [0.717, 1.165) is 10.9 Å². The highest BCUT2D eigenvalue weighted by Gasteiger charge is 1.93. The minimum atomic E-state index is 0.920. The number of hydrogen-bond acceptors (Lipinski definition) is 0. The van der Waals surface area contributed by atoms with E-state index in [0.29, 0.717) is 0 Å². The summed E-state index contributed by atoms with van der Waals surface area (Å²) in [5.74, 6) is 0. The zero-order chi connectivity index (χ0) is 12.2. The van der Waals surface area contributed by atoms with Crippen LogP contribution in [0.1, 0.15) is 6.92 Å². The van der Waals surface area contributed by atoms with Crippen LogP contribution in [0.5, 0.6) is 0 Å². The van der Waals surface area contributed by atoms with Gasteiger partial charge >= 0.3 is 0 Å². The smallest absolute Gasteiger partial charge is 0.105 e. The van der Waals surface area contributed by atoms with Gasteiger partial charge in [0, 0.05) is 0 Å². The SMILES string of the molecule is C=C/C=C\C=C/C(=C)[B]C(=C)/C=C\C=C/C. The molecule has 1 radical (unpaired) electrons. The van der Waals surface area contributed by atoms with E-state index in [9.17, 15) is 0 Å². The summed E-state index contributed by atoms with van der Waals surface area (Å²) >= 11 is 0. The minimum Gasteiger partial charge on any atom is -0.105 e. The van der Waals surface area contributed by atoms with Crippen LogP contribution in [0.4, 0.5) is 0 Å². The molecular formula is C15H18B. The molecule has 0 N–H and O–H groups in total. The maximum atomic E-state index is 3.91. The van der Waals surface area contributed by atoms with Gasteiger partial charge < -0.3 is 0 Å². The molecule has 16 heavy (non-hydrogen) atoms. The highest BCUT2D eigenvalue weighted by atomic mass is 13.8. The number of hydrogen-bond donors (Lipinski definition) is 0. The third-order valence-electron chi connectivity index (χ3n) is 1.65. The number of rotatable bonds is 7. The molecule has 81 valence electrons. The molecule has 1 heteroatoms. The summed E-state index contributed by atoms with van der Waals surface area (Å²) in [6, 6.07) is 0. The predicted octanol–water partition coefficient (Wildman–Crippen LogP) is 4.15. The van der Waals surface area contributed by atoms with Crippen LogP contribution in [-0.4, -0.2) is 7.28 Å². The fraction of sp³-hybridized carbons (Fsp3) is 0.0667. The highest BCUT2D eigenvalue weighted by molar-refractivity contribution is 6.55. The van der Waals surface area contributed by atoms with Crippen molar-refractivity contribution >= 4 is 7.28 Å². The van der Waals surface area contributed by atoms with E-state index in [1.165, 1.54) is 0 Å². The molecule has 0 saturated carbocycles. The van der Waals surface area contributed by atoms with Crippen LogP contribution in [0.2, 0.25) is 0 Å². The van der Waals surface area contributed by atoms with Gasteiger partial charge in [-0.05, 0) is 6.92 Å². The van der Waals surface area contributed by atoms with Crippen molar-refractivity contribution in [3.63, 3.8) is 0 Å². The first-order valence-electron chi connectivity index (χ1n) is 5.18. The van der Waals surface area contributed by atoms with Crippen molar-refractivity contribution in [2.45, 2.75) is 6.92 Å². The van der Waals surface area contributed by atoms with Crippen LogP contribution in [0.15, 0.2) is 85.4 Å². The summed E-state index contributed by atoms with van der Waals surface area (Å²) in [7, 11) is 1.93. The van der Waals surface area contributed by atoms with E-state index in [-0.39, 0.29) is 0 Å². The number of allylic oxidation sites excluding steroid dienone is 11. The van der Waals surface area contributed by atoms with Crippen molar-refractivity contribution in [3.8, 4) is 0 Å². The van der Waals surface area contributed by atoms with E-state index in [2.05, 4.69) is 19.7 Å². The molecule has 0 aromatic heterocycles. The quantitative estimate of drug-likeness (QED) is 0.436. The third kappa shape index (κ3) is 8.83. The molecular weight excluding hydrogens is 191 g/mol. The van der Waals surface area contributed by atoms with Gasteiger partial charge in [-0.2, -0.15) is 0 Å². The van der Waals surface area contributed by atoms with Crippen molar-refractivity contribution in [1.29, 1.82) is 0 Å². The van der Waals surface area contributed by atoms with Gasteiger partial charge in [-0.25, -0.2) is 0 Å². The van der Waals surface area contributed by atoms with E-state index in [1.807, 2.05) is 62.8 Å². The molecule has 0 amide bonds. The molecule has 0 spiro atoms. The molecule has 0 saturated heterocycles. The Morgan fingerprint density at radius 3 is 1.94 bits per heavy atom. The fourth-order valence-corrected chi connectivity index (χ4v) is 0.946. The lowest BCUT2D eigenvalue weighted by Crippen LogP contribution is -1.94. The molecule has 0 fully saturated rings. The van der Waals surface area contributed by atoms with Gasteiger partial charge in [0.2, 0.25) is 0 Å². The van der Waals surface area contributed by atoms with Gasteiger partial charge in [-0.1, -0.05) is 72.2 Å². The standard InChI is InChI=1S/C15H18B/c1-5-7-9-11-13-15(4)16-14(3)12-10-8-6-2/h5-13H,1,3-4H2,2H3/b8-6-,9-7-,12-10-,13-11-. The second kappa shape index (κ2) is 9.79. The van der Waals surface area contributed by atoms with Gasteiger partial charge in [-0.3, -0.25) is 0 Å². The molecule has 0 aromatic carbocycles. The Morgan fingerprint density at radius 1 is 0.875 bits per heavy atom. The first-order valence-corrected chi connectivity index (χ1v) is 5.18. The molecule has 0 aliphatic rings. The fourth-order valence-electron chi connectivity index (χ4n) is 0.946. The van der Waals surface area contributed by atoms with Crippen LogP contribution in [-0.2, 0) is 0 Å². The largest absolute Gasteiger partial charge is 0.189 e. The monoisotopic (exact) mass is 209 g/mol. The molecule has 0 unspecified atom stereocenters. The summed E-state index contributed by atoms with van der Waals surface area (Å²) in [5, 5.41) is 0. The highest BCUT2D eigenvalue weighted by Crippen LogP contribution is 2.00. The van der Waals surface area contributed by atoms with E-state index >= 15 is 0 Å². The van der Waals surface area contributed by atoms with Gasteiger partial charge in [0.25, 0.3) is 0 Å². The summed E-state index contributed by atoms with van der Waals surface area (Å²) in [6.45, 7) is 13.4. The molecule has 0 atom stereocenters. The van der Waals surface area contributed by atoms with Gasteiger partial charge in [-0.15, -0.1) is 13.2 Å². The van der Waals surface area contributed by atoms with Crippen molar-refractivity contribution in [2.24, 2.45) is 0 Å². The Morgan fingerprint density at radius 2 is 1.44 bits per heavy atom. The van der Waals surface area contributed by atoms with Crippen molar-refractivity contribution in [1.82, 2.24) is 0 Å². The maximum Gasteiger partial charge on any atom is 0.189 e. The zero-order valence-electron chi connectivity index (χ0n) is 9.89. The van der Waals surface area contributed by atoms with E-state index in [1.54, 1.807) is 6.08 Å². The van der Waals surface area contributed by atoms with Gasteiger partial charge in [0.15, 0.2) is 7.28 Å². The van der Waals surface area contributed by atoms with E-state index < -0.39 is 0 Å². The average molecular weight is 209 g/mol. The molecule has 0 aliphatic carbocycles. The molecule has 0 aliphatic heterocycles. The second-order valence-electron chi connectivity index (χ2n) is 3.16. The Kier molecular flexibility index (Phi) is 8.71. The average Bonchev–Trinajstić information content (AvgIpc) is 2.25. The normalized spacial score (nSPS) is 11.8. The second-order valence-corrected chi connectivity index (χ2v) is 3.16. The lowest BCUT2D eigenvalue weighted by molar-refractivity contribution is 1.72. The van der Waals surface area contributed by atoms with Crippen LogP contribution >= 0.6 is 0 Å². The molecule has 0 rings (SSSR count). The van der Waals surface area contributed by atoms with Crippen LogP contribution in [0.3, 0.4) is 0 Å². The summed E-state index contributed by atoms with van der Waals surface area (Å²) in [4.78, 5) is 0. The summed E-state index contributed by atoms with van der Waals surface area (Å²) in [5.41, 5.74) is 1.85. The van der Waals surface area contributed by atoms with Crippen LogP contribution in [0.25, 0.3) is 0 Å². The topological polar surface area (TPSA) is 0 Å². The van der Waals surface area contributed by atoms with E-state index in [4.69, 9.17) is 0 Å². The molecule has 0 nitrogen and oxygen atoms in total. The lowest BCUT2D eigenvalue weighted by Gasteiger charge is -1.96. The van der Waals surface area contributed by atoms with Crippen LogP contribution < -0.4 is 0 Å². The lowest BCUT2D eigenvalue weighted by atomic mass is 9.63. The van der Waals surface area contributed by atoms with Crippen molar-refractivity contribution in [3.05, 3.63) is 85.4 Å². The molecule has 0 bridgehead atoms. The first kappa shape index (κ1) is 14.2. The Hall–Kier alpha value is -1.76. The predicted molar refractivity (Wildman–Crippen MR) is 76.5 cm³/mol. The van der Waals surface area contributed by atoms with Crippen molar-refractivity contribution < 1.29 is 0 Å². The summed E-state index contributed by atoms with van der Waals surface area (Å²) < 4.78 is 0. The molecule has 0 aromatic rings. The Balaban J connectivity index is 4.05. The van der Waals surface area contributed by atoms with Gasteiger partial charge in [0.1, 0.15) is 0 Å². The van der Waals surface area contributed by atoms with Crippen molar-refractivity contribution in [2.75, 3.05) is 0 Å². The Bertz CT molecular complexity index is 352. The first-order chi connectivity index (χ1) is 7.70. The summed E-state index contributed by atoms with van der Waals surface area (Å²) in [6.07, 6.45) is 17.2. The zero-order valence-corrected chi connectivity index (χ0v) is 9.89.